The fourth-order valence-electron chi connectivity index (χ4n) is 3.00. The van der Waals surface area contributed by atoms with Crippen LogP contribution in [0.15, 0.2) is 46.9 Å². The van der Waals surface area contributed by atoms with Crippen molar-refractivity contribution in [3.63, 3.8) is 0 Å². The van der Waals surface area contributed by atoms with Gasteiger partial charge in [-0.15, -0.1) is 0 Å². The van der Waals surface area contributed by atoms with Gasteiger partial charge in [0.2, 0.25) is 0 Å². The summed E-state index contributed by atoms with van der Waals surface area (Å²) < 4.78 is 1.19. The Hall–Kier alpha value is -1.32. The van der Waals surface area contributed by atoms with Crippen LogP contribution in [0, 0.1) is 0 Å². The summed E-state index contributed by atoms with van der Waals surface area (Å²) in [4.78, 5) is 2.38. The van der Waals surface area contributed by atoms with Crippen LogP contribution in [0.2, 0.25) is 0 Å². The molecule has 110 valence electrons. The number of anilines is 1. The molecule has 0 radical (unpaired) electrons. The average Bonchev–Trinajstić information content (AvgIpc) is 2.50. The van der Waals surface area contributed by atoms with E-state index in [1.54, 1.807) is 0 Å². The van der Waals surface area contributed by atoms with E-state index in [1.165, 1.54) is 39.7 Å². The van der Waals surface area contributed by atoms with Crippen molar-refractivity contribution in [3.05, 3.63) is 63.6 Å². The molecule has 0 unspecified atom stereocenters. The number of benzene rings is 2. The predicted molar refractivity (Wildman–Crippen MR) is 92.6 cm³/mol. The van der Waals surface area contributed by atoms with Crippen LogP contribution >= 0.6 is 15.9 Å². The van der Waals surface area contributed by atoms with Gasteiger partial charge in [-0.05, 0) is 48.7 Å². The molecule has 1 heterocycles. The molecule has 3 rings (SSSR count). The molecular weight excluding hydrogens is 324 g/mol. The van der Waals surface area contributed by atoms with Gasteiger partial charge in [-0.2, -0.15) is 0 Å². The molecule has 2 aromatic carbocycles. The van der Waals surface area contributed by atoms with Gasteiger partial charge in [0.25, 0.3) is 0 Å². The van der Waals surface area contributed by atoms with Gasteiger partial charge in [-0.1, -0.05) is 46.3 Å². The molecule has 0 spiro atoms. The highest BCUT2D eigenvalue weighted by atomic mass is 79.9. The maximum atomic E-state index is 3.63. The molecule has 0 saturated carbocycles. The molecule has 0 aromatic heterocycles. The minimum absolute atomic E-state index is 0.957. The molecule has 2 aromatic rings. The molecule has 2 nitrogen and oxygen atoms in total. The molecule has 0 aliphatic carbocycles. The lowest BCUT2D eigenvalue weighted by Crippen LogP contribution is -2.20. The summed E-state index contributed by atoms with van der Waals surface area (Å²) >= 11 is 3.63. The third kappa shape index (κ3) is 3.47. The van der Waals surface area contributed by atoms with Crippen LogP contribution in [0.4, 0.5) is 5.69 Å². The highest BCUT2D eigenvalue weighted by Gasteiger charge is 2.13. The first-order chi connectivity index (χ1) is 10.2. The summed E-state index contributed by atoms with van der Waals surface area (Å²) in [5.41, 5.74) is 5.62. The maximum absolute atomic E-state index is 3.63. The summed E-state index contributed by atoms with van der Waals surface area (Å²) in [5, 5.41) is 3.51. The molecule has 1 aliphatic heterocycles. The third-order valence-corrected chi connectivity index (χ3v) is 4.80. The molecule has 1 aliphatic rings. The zero-order valence-electron chi connectivity index (χ0n) is 12.4. The first kappa shape index (κ1) is 14.6. The number of fused-ring (bicyclic) bond motifs is 1. The van der Waals surface area contributed by atoms with Crippen molar-refractivity contribution >= 4 is 21.6 Å². The van der Waals surface area contributed by atoms with Crippen molar-refractivity contribution in [2.24, 2.45) is 0 Å². The zero-order valence-corrected chi connectivity index (χ0v) is 14.0. The standard InChI is InChI=1S/C18H21BrN2/c1-21(13-15-6-2-3-9-17(15)19)12-14-7-4-10-18-16(14)8-5-11-20-18/h2-4,6-7,9-10,20H,5,8,11-13H2,1H3. The minimum atomic E-state index is 0.957. The van der Waals surface area contributed by atoms with Crippen LogP contribution in [-0.2, 0) is 19.5 Å². The van der Waals surface area contributed by atoms with Crippen molar-refractivity contribution in [1.82, 2.24) is 4.90 Å². The van der Waals surface area contributed by atoms with Crippen molar-refractivity contribution in [2.75, 3.05) is 18.9 Å². The van der Waals surface area contributed by atoms with E-state index in [-0.39, 0.29) is 0 Å². The molecule has 21 heavy (non-hydrogen) atoms. The Morgan fingerprint density at radius 1 is 1.05 bits per heavy atom. The first-order valence-electron chi connectivity index (χ1n) is 7.50. The Morgan fingerprint density at radius 3 is 2.67 bits per heavy atom. The fraction of sp³-hybridized carbons (Fsp3) is 0.333. The lowest BCUT2D eigenvalue weighted by atomic mass is 9.97. The topological polar surface area (TPSA) is 15.3 Å². The van der Waals surface area contributed by atoms with Gasteiger partial charge in [-0.3, -0.25) is 4.90 Å². The minimum Gasteiger partial charge on any atom is -0.385 e. The van der Waals surface area contributed by atoms with Gasteiger partial charge in [-0.25, -0.2) is 0 Å². The smallest absolute Gasteiger partial charge is 0.0375 e. The van der Waals surface area contributed by atoms with E-state index in [0.717, 1.165) is 19.6 Å². The Labute approximate surface area is 135 Å². The van der Waals surface area contributed by atoms with Crippen LogP contribution in [0.25, 0.3) is 0 Å². The zero-order chi connectivity index (χ0) is 14.7. The Bertz CT molecular complexity index is 624. The maximum Gasteiger partial charge on any atom is 0.0375 e. The molecule has 3 heteroatoms. The number of rotatable bonds is 4. The summed E-state index contributed by atoms with van der Waals surface area (Å²) in [7, 11) is 2.19. The molecule has 1 N–H and O–H groups in total. The molecule has 0 saturated heterocycles. The van der Waals surface area contributed by atoms with Crippen LogP contribution < -0.4 is 5.32 Å². The molecule has 0 bridgehead atoms. The van der Waals surface area contributed by atoms with Gasteiger partial charge in [0, 0.05) is 29.8 Å². The highest BCUT2D eigenvalue weighted by molar-refractivity contribution is 9.10. The van der Waals surface area contributed by atoms with Gasteiger partial charge < -0.3 is 5.32 Å². The van der Waals surface area contributed by atoms with E-state index < -0.39 is 0 Å². The van der Waals surface area contributed by atoms with Crippen LogP contribution in [0.1, 0.15) is 23.1 Å². The summed E-state index contributed by atoms with van der Waals surface area (Å²) in [5.74, 6) is 0. The Kier molecular flexibility index (Phi) is 4.61. The number of nitrogens with zero attached hydrogens (tertiary/aromatic N) is 1. The first-order valence-corrected chi connectivity index (χ1v) is 8.30. The fourth-order valence-corrected chi connectivity index (χ4v) is 3.41. The van der Waals surface area contributed by atoms with E-state index >= 15 is 0 Å². The summed E-state index contributed by atoms with van der Waals surface area (Å²) in [6.07, 6.45) is 2.43. The second-order valence-electron chi connectivity index (χ2n) is 5.74. The van der Waals surface area contributed by atoms with Crippen molar-refractivity contribution < 1.29 is 0 Å². The van der Waals surface area contributed by atoms with Crippen molar-refractivity contribution in [3.8, 4) is 0 Å². The Morgan fingerprint density at radius 2 is 1.81 bits per heavy atom. The molecule has 0 fully saturated rings. The highest BCUT2D eigenvalue weighted by Crippen LogP contribution is 2.26. The summed E-state index contributed by atoms with van der Waals surface area (Å²) in [6, 6.07) is 15.1. The van der Waals surface area contributed by atoms with Crippen molar-refractivity contribution in [1.29, 1.82) is 0 Å². The van der Waals surface area contributed by atoms with Gasteiger partial charge >= 0.3 is 0 Å². The number of halogens is 1. The quantitative estimate of drug-likeness (QED) is 0.881. The molecule has 0 atom stereocenters. The monoisotopic (exact) mass is 344 g/mol. The number of nitrogens with one attached hydrogen (secondary N) is 1. The average molecular weight is 345 g/mol. The van der Waals surface area contributed by atoms with Crippen LogP contribution in [0.3, 0.4) is 0 Å². The second kappa shape index (κ2) is 6.63. The second-order valence-corrected chi connectivity index (χ2v) is 6.59. The molecular formula is C18H21BrN2. The lowest BCUT2D eigenvalue weighted by molar-refractivity contribution is 0.317. The number of hydrogen-bond acceptors (Lipinski definition) is 2. The normalized spacial score (nSPS) is 13.9. The van der Waals surface area contributed by atoms with E-state index in [4.69, 9.17) is 0 Å². The number of hydrogen-bond donors (Lipinski definition) is 1. The Balaban J connectivity index is 1.73. The summed E-state index contributed by atoms with van der Waals surface area (Å²) in [6.45, 7) is 3.05. The van der Waals surface area contributed by atoms with Crippen molar-refractivity contribution in [2.45, 2.75) is 25.9 Å². The molecule has 0 amide bonds. The third-order valence-electron chi connectivity index (χ3n) is 4.03. The lowest BCUT2D eigenvalue weighted by Gasteiger charge is -2.24. The van der Waals surface area contributed by atoms with E-state index in [2.05, 4.69) is 75.7 Å². The van der Waals surface area contributed by atoms with Gasteiger partial charge in [0.05, 0.1) is 0 Å². The van der Waals surface area contributed by atoms with Crippen LogP contribution in [0.5, 0.6) is 0 Å². The van der Waals surface area contributed by atoms with Gasteiger partial charge in [0.1, 0.15) is 0 Å². The van der Waals surface area contributed by atoms with E-state index in [0.29, 0.717) is 0 Å². The van der Waals surface area contributed by atoms with Crippen LogP contribution in [-0.4, -0.2) is 18.5 Å². The largest absolute Gasteiger partial charge is 0.385 e. The predicted octanol–water partition coefficient (Wildman–Crippen LogP) is 4.44. The van der Waals surface area contributed by atoms with E-state index in [1.807, 2.05) is 0 Å². The SMILES string of the molecule is CN(Cc1ccccc1Br)Cc1cccc2c1CCCN2. The van der Waals surface area contributed by atoms with Gasteiger partial charge in [0.15, 0.2) is 0 Å². The van der Waals surface area contributed by atoms with E-state index in [9.17, 15) is 0 Å².